The van der Waals surface area contributed by atoms with Crippen LogP contribution in [-0.2, 0) is 6.42 Å². The Morgan fingerprint density at radius 3 is 2.83 bits per heavy atom. The van der Waals surface area contributed by atoms with E-state index in [9.17, 15) is 0 Å². The van der Waals surface area contributed by atoms with Gasteiger partial charge < -0.3 is 0 Å². The van der Waals surface area contributed by atoms with Crippen molar-refractivity contribution >= 4 is 6.08 Å². The summed E-state index contributed by atoms with van der Waals surface area (Å²) in [6.45, 7) is 2.68. The van der Waals surface area contributed by atoms with Crippen molar-refractivity contribution in [1.82, 2.24) is 0 Å². The van der Waals surface area contributed by atoms with Crippen LogP contribution in [0.15, 0.2) is 45.9 Å². The van der Waals surface area contributed by atoms with Crippen LogP contribution in [0.5, 0.6) is 0 Å². The van der Waals surface area contributed by atoms with Gasteiger partial charge in [-0.05, 0) is 34.4 Å². The third kappa shape index (κ3) is 5.48. The summed E-state index contributed by atoms with van der Waals surface area (Å²) in [6.07, 6.45) is 8.88. The first-order valence-corrected chi connectivity index (χ1v) is 6.36. The van der Waals surface area contributed by atoms with Crippen LogP contribution in [0.1, 0.15) is 37.3 Å². The van der Waals surface area contributed by atoms with Crippen molar-refractivity contribution in [1.29, 1.82) is 5.53 Å². The lowest BCUT2D eigenvalue weighted by atomic mass is 10.0. The van der Waals surface area contributed by atoms with Crippen molar-refractivity contribution in [2.45, 2.75) is 32.6 Å². The maximum Gasteiger partial charge on any atom is 0.0806 e. The highest BCUT2D eigenvalue weighted by atomic mass is 15.4. The number of nitrogens with one attached hydrogen (secondary N) is 1. The molecule has 1 rings (SSSR count). The lowest BCUT2D eigenvalue weighted by Gasteiger charge is -2.05. The predicted molar refractivity (Wildman–Crippen MR) is 73.6 cm³/mol. The molecule has 18 heavy (non-hydrogen) atoms. The second kappa shape index (κ2) is 9.22. The molecular weight excluding hydrogens is 224 g/mol. The Morgan fingerprint density at radius 2 is 2.06 bits per heavy atom. The number of hydrogen-bond acceptors (Lipinski definition) is 2. The van der Waals surface area contributed by atoms with Crippen LogP contribution in [0.4, 0.5) is 0 Å². The number of hydrogen-bond donors (Lipinski definition) is 1. The van der Waals surface area contributed by atoms with Gasteiger partial charge in [0.1, 0.15) is 0 Å². The van der Waals surface area contributed by atoms with E-state index in [1.54, 1.807) is 0 Å². The van der Waals surface area contributed by atoms with Gasteiger partial charge in [-0.25, -0.2) is 0 Å². The van der Waals surface area contributed by atoms with Crippen molar-refractivity contribution < 1.29 is 0 Å². The van der Waals surface area contributed by atoms with E-state index in [2.05, 4.69) is 46.8 Å². The Hall–Kier alpha value is -1.84. The number of benzene rings is 1. The van der Waals surface area contributed by atoms with Crippen molar-refractivity contribution in [3.63, 3.8) is 0 Å². The summed E-state index contributed by atoms with van der Waals surface area (Å²) < 4.78 is 0. The van der Waals surface area contributed by atoms with Gasteiger partial charge in [-0.15, -0.1) is 0 Å². The summed E-state index contributed by atoms with van der Waals surface area (Å²) in [5.41, 5.74) is 9.09. The highest BCUT2D eigenvalue weighted by molar-refractivity contribution is 5.53. The normalized spacial score (nSPS) is 11.4. The fourth-order valence-corrected chi connectivity index (χ4v) is 1.78. The highest BCUT2D eigenvalue weighted by Crippen LogP contribution is 2.14. The van der Waals surface area contributed by atoms with E-state index in [0.29, 0.717) is 6.54 Å². The first kappa shape index (κ1) is 14.2. The molecule has 0 radical (unpaired) electrons. The molecule has 0 aliphatic carbocycles. The fraction of sp³-hybridized carbons (Fsp3) is 0.429. The Bertz CT molecular complexity index is 410. The SMILES string of the molecule is CCCCCc1ccccc1C=CCN=NN=N. The number of rotatable bonds is 8. The molecule has 0 fully saturated rings. The van der Waals surface area contributed by atoms with Gasteiger partial charge in [0.05, 0.1) is 6.54 Å². The third-order valence-corrected chi connectivity index (χ3v) is 2.70. The van der Waals surface area contributed by atoms with E-state index in [0.717, 1.165) is 6.42 Å². The van der Waals surface area contributed by atoms with Gasteiger partial charge in [0.25, 0.3) is 0 Å². The second-order valence-corrected chi connectivity index (χ2v) is 4.07. The molecular formula is C14H20N4. The average molecular weight is 244 g/mol. The predicted octanol–water partition coefficient (Wildman–Crippen LogP) is 4.83. The van der Waals surface area contributed by atoms with E-state index >= 15 is 0 Å². The topological polar surface area (TPSA) is 60.9 Å². The Morgan fingerprint density at radius 1 is 1.22 bits per heavy atom. The molecule has 0 atom stereocenters. The van der Waals surface area contributed by atoms with Crippen molar-refractivity contribution in [3.8, 4) is 0 Å². The minimum Gasteiger partial charge on any atom is -0.183 e. The second-order valence-electron chi connectivity index (χ2n) is 4.07. The van der Waals surface area contributed by atoms with E-state index in [-0.39, 0.29) is 0 Å². The van der Waals surface area contributed by atoms with E-state index in [4.69, 9.17) is 5.53 Å². The van der Waals surface area contributed by atoms with Gasteiger partial charge in [0, 0.05) is 0 Å². The van der Waals surface area contributed by atoms with Crippen LogP contribution in [-0.4, -0.2) is 6.54 Å². The molecule has 0 saturated carbocycles. The monoisotopic (exact) mass is 244 g/mol. The highest BCUT2D eigenvalue weighted by Gasteiger charge is 1.97. The van der Waals surface area contributed by atoms with Gasteiger partial charge in [0.15, 0.2) is 0 Å². The molecule has 0 aliphatic rings. The molecule has 0 heterocycles. The molecule has 4 nitrogen and oxygen atoms in total. The smallest absolute Gasteiger partial charge is 0.0806 e. The minimum atomic E-state index is 0.464. The zero-order chi connectivity index (χ0) is 13.1. The minimum absolute atomic E-state index is 0.464. The van der Waals surface area contributed by atoms with E-state index < -0.39 is 0 Å². The molecule has 96 valence electrons. The van der Waals surface area contributed by atoms with Crippen LogP contribution in [0.2, 0.25) is 0 Å². The summed E-state index contributed by atoms with van der Waals surface area (Å²) in [6, 6.07) is 8.42. The molecule has 0 aliphatic heterocycles. The van der Waals surface area contributed by atoms with Crippen LogP contribution in [0.25, 0.3) is 6.08 Å². The van der Waals surface area contributed by atoms with Crippen molar-refractivity contribution in [3.05, 3.63) is 41.5 Å². The van der Waals surface area contributed by atoms with Crippen LogP contribution < -0.4 is 0 Å². The summed E-state index contributed by atoms with van der Waals surface area (Å²) >= 11 is 0. The molecule has 1 N–H and O–H groups in total. The standard InChI is InChI=1S/C14H20N4/c1-2-3-4-8-13-9-5-6-10-14(13)11-7-12-16-18-17-15/h5-7,9-11,15H,2-4,8,12H2,1H3. The molecule has 4 heteroatoms. The molecule has 0 unspecified atom stereocenters. The lowest BCUT2D eigenvalue weighted by molar-refractivity contribution is 0.717. The Labute approximate surface area is 108 Å². The molecule has 0 saturated heterocycles. The number of nitrogens with zero attached hydrogens (tertiary/aromatic N) is 3. The molecule has 0 bridgehead atoms. The Balaban J connectivity index is 2.57. The van der Waals surface area contributed by atoms with Gasteiger partial charge in [0.2, 0.25) is 0 Å². The summed E-state index contributed by atoms with van der Waals surface area (Å²) in [4.78, 5) is 0. The zero-order valence-corrected chi connectivity index (χ0v) is 10.8. The zero-order valence-electron chi connectivity index (χ0n) is 10.8. The molecule has 0 spiro atoms. The van der Waals surface area contributed by atoms with Crippen LogP contribution in [0, 0.1) is 5.53 Å². The van der Waals surface area contributed by atoms with Crippen molar-refractivity contribution in [2.24, 2.45) is 15.6 Å². The Kier molecular flexibility index (Phi) is 7.28. The van der Waals surface area contributed by atoms with E-state index in [1.807, 2.05) is 12.1 Å². The first-order valence-electron chi connectivity index (χ1n) is 6.36. The van der Waals surface area contributed by atoms with Gasteiger partial charge >= 0.3 is 0 Å². The average Bonchev–Trinajstić information content (AvgIpc) is 2.40. The first-order chi connectivity index (χ1) is 8.88. The summed E-state index contributed by atoms with van der Waals surface area (Å²) in [5, 5.41) is 9.77. The van der Waals surface area contributed by atoms with Gasteiger partial charge in [-0.3, -0.25) is 0 Å². The molecule has 0 aromatic heterocycles. The molecule has 1 aromatic carbocycles. The lowest BCUT2D eigenvalue weighted by Crippen LogP contribution is -1.89. The largest absolute Gasteiger partial charge is 0.183 e. The number of unbranched alkanes of at least 4 members (excludes halogenated alkanes) is 2. The maximum absolute atomic E-state index is 6.47. The van der Waals surface area contributed by atoms with E-state index in [1.165, 1.54) is 30.4 Å². The molecule has 1 aromatic rings. The summed E-state index contributed by atoms with van der Waals surface area (Å²) in [5.74, 6) is 0. The quantitative estimate of drug-likeness (QED) is 0.387. The number of aryl methyl sites for hydroxylation is 1. The van der Waals surface area contributed by atoms with Crippen molar-refractivity contribution in [2.75, 3.05) is 6.54 Å². The van der Waals surface area contributed by atoms with Gasteiger partial charge in [-0.2, -0.15) is 10.6 Å². The third-order valence-electron chi connectivity index (χ3n) is 2.70. The fourth-order valence-electron chi connectivity index (χ4n) is 1.78. The van der Waals surface area contributed by atoms with Crippen LogP contribution >= 0.6 is 0 Å². The summed E-state index contributed by atoms with van der Waals surface area (Å²) in [7, 11) is 0. The van der Waals surface area contributed by atoms with Gasteiger partial charge in [-0.1, -0.05) is 56.2 Å². The maximum atomic E-state index is 6.47. The molecule has 0 amide bonds. The van der Waals surface area contributed by atoms with Crippen LogP contribution in [0.3, 0.4) is 0 Å².